The molecule has 0 saturated carbocycles. The van der Waals surface area contributed by atoms with E-state index in [-0.39, 0.29) is 6.61 Å². The predicted molar refractivity (Wildman–Crippen MR) is 92.5 cm³/mol. The second-order valence-corrected chi connectivity index (χ2v) is 5.51. The van der Waals surface area contributed by atoms with Crippen LogP contribution < -0.4 is 9.64 Å². The average Bonchev–Trinajstić information content (AvgIpc) is 2.51. The molecule has 0 heterocycles. The number of carbonyl (C=O) groups excluding carboxylic acids is 1. The van der Waals surface area contributed by atoms with Gasteiger partial charge in [-0.25, -0.2) is 4.79 Å². The van der Waals surface area contributed by atoms with Crippen LogP contribution in [-0.2, 0) is 4.74 Å². The highest BCUT2D eigenvalue weighted by molar-refractivity contribution is 6.30. The Morgan fingerprint density at radius 3 is 2.65 bits per heavy atom. The van der Waals surface area contributed by atoms with Gasteiger partial charge in [0.25, 0.3) is 0 Å². The fourth-order valence-electron chi connectivity index (χ4n) is 2.19. The molecule has 2 aromatic rings. The summed E-state index contributed by atoms with van der Waals surface area (Å²) >= 11 is 5.83. The summed E-state index contributed by atoms with van der Waals surface area (Å²) in [6, 6.07) is 14.8. The number of rotatable bonds is 6. The fourth-order valence-corrected chi connectivity index (χ4v) is 2.37. The standard InChI is InChI=1S/C18H20ClNO3/c1-3-20(16-8-4-6-14(2)12-16)10-11-22-18(21)23-17-9-5-7-15(19)13-17/h4-9,12-13H,3,10-11H2,1-2H3. The maximum absolute atomic E-state index is 11.7. The van der Waals surface area contributed by atoms with E-state index in [1.807, 2.05) is 12.1 Å². The molecule has 0 amide bonds. The molecule has 0 spiro atoms. The first-order valence-corrected chi connectivity index (χ1v) is 7.88. The summed E-state index contributed by atoms with van der Waals surface area (Å²) in [5.74, 6) is 0.369. The number of likely N-dealkylation sites (N-methyl/N-ethyl adjacent to an activating group) is 1. The van der Waals surface area contributed by atoms with Crippen molar-refractivity contribution in [2.75, 3.05) is 24.6 Å². The second kappa shape index (κ2) is 8.44. The lowest BCUT2D eigenvalue weighted by atomic mass is 10.2. The lowest BCUT2D eigenvalue weighted by Gasteiger charge is -2.23. The third-order valence-electron chi connectivity index (χ3n) is 3.33. The van der Waals surface area contributed by atoms with Gasteiger partial charge >= 0.3 is 6.16 Å². The summed E-state index contributed by atoms with van der Waals surface area (Å²) in [6.07, 6.45) is -0.729. The third-order valence-corrected chi connectivity index (χ3v) is 3.56. The van der Waals surface area contributed by atoms with Crippen molar-refractivity contribution < 1.29 is 14.3 Å². The van der Waals surface area contributed by atoms with Crippen LogP contribution in [0.2, 0.25) is 5.02 Å². The first kappa shape index (κ1) is 17.2. The fraction of sp³-hybridized carbons (Fsp3) is 0.278. The highest BCUT2D eigenvalue weighted by atomic mass is 35.5. The molecule has 0 saturated heterocycles. The molecule has 0 unspecified atom stereocenters. The maximum Gasteiger partial charge on any atom is 0.513 e. The molecule has 2 aromatic carbocycles. The van der Waals surface area contributed by atoms with Crippen molar-refractivity contribution in [1.29, 1.82) is 0 Å². The minimum atomic E-state index is -0.729. The minimum Gasteiger partial charge on any atom is -0.432 e. The number of benzene rings is 2. The summed E-state index contributed by atoms with van der Waals surface area (Å²) in [7, 11) is 0. The first-order chi connectivity index (χ1) is 11.1. The van der Waals surface area contributed by atoms with Gasteiger partial charge in [0.05, 0.1) is 6.54 Å². The number of aryl methyl sites for hydroxylation is 1. The number of anilines is 1. The van der Waals surface area contributed by atoms with Crippen LogP contribution in [0.4, 0.5) is 10.5 Å². The van der Waals surface area contributed by atoms with Gasteiger partial charge in [0, 0.05) is 17.3 Å². The van der Waals surface area contributed by atoms with E-state index in [4.69, 9.17) is 21.1 Å². The monoisotopic (exact) mass is 333 g/mol. The molecule has 122 valence electrons. The van der Waals surface area contributed by atoms with Crippen molar-refractivity contribution in [3.05, 3.63) is 59.1 Å². The van der Waals surface area contributed by atoms with Crippen LogP contribution >= 0.6 is 11.6 Å². The Morgan fingerprint density at radius 1 is 1.17 bits per heavy atom. The van der Waals surface area contributed by atoms with E-state index in [1.54, 1.807) is 24.3 Å². The minimum absolute atomic E-state index is 0.251. The van der Waals surface area contributed by atoms with Gasteiger partial charge in [0.2, 0.25) is 0 Å². The maximum atomic E-state index is 11.7. The summed E-state index contributed by atoms with van der Waals surface area (Å²) in [5.41, 5.74) is 2.31. The lowest BCUT2D eigenvalue weighted by molar-refractivity contribution is 0.101. The van der Waals surface area contributed by atoms with Gasteiger partial charge < -0.3 is 14.4 Å². The number of carbonyl (C=O) groups is 1. The van der Waals surface area contributed by atoms with Crippen LogP contribution in [0.25, 0.3) is 0 Å². The van der Waals surface area contributed by atoms with E-state index < -0.39 is 6.16 Å². The van der Waals surface area contributed by atoms with E-state index in [1.165, 1.54) is 5.56 Å². The number of hydrogen-bond acceptors (Lipinski definition) is 4. The largest absolute Gasteiger partial charge is 0.513 e. The Balaban J connectivity index is 1.82. The normalized spacial score (nSPS) is 10.2. The quantitative estimate of drug-likeness (QED) is 0.568. The van der Waals surface area contributed by atoms with Gasteiger partial charge in [-0.3, -0.25) is 0 Å². The number of ether oxygens (including phenoxy) is 2. The molecule has 0 N–H and O–H groups in total. The van der Waals surface area contributed by atoms with E-state index in [0.29, 0.717) is 17.3 Å². The average molecular weight is 334 g/mol. The van der Waals surface area contributed by atoms with E-state index in [9.17, 15) is 4.79 Å². The third kappa shape index (κ3) is 5.49. The molecule has 23 heavy (non-hydrogen) atoms. The zero-order valence-electron chi connectivity index (χ0n) is 13.3. The molecular weight excluding hydrogens is 314 g/mol. The topological polar surface area (TPSA) is 38.8 Å². The lowest BCUT2D eigenvalue weighted by Crippen LogP contribution is -2.28. The Kier molecular flexibility index (Phi) is 6.29. The number of halogens is 1. The Bertz CT molecular complexity index is 660. The molecule has 0 atom stereocenters. The molecule has 0 aliphatic rings. The summed E-state index contributed by atoms with van der Waals surface area (Å²) in [6.45, 7) is 5.80. The Morgan fingerprint density at radius 2 is 1.96 bits per heavy atom. The highest BCUT2D eigenvalue weighted by Crippen LogP contribution is 2.18. The van der Waals surface area contributed by atoms with Crippen LogP contribution in [-0.4, -0.2) is 25.9 Å². The van der Waals surface area contributed by atoms with Crippen molar-refractivity contribution in [3.8, 4) is 5.75 Å². The molecular formula is C18H20ClNO3. The first-order valence-electron chi connectivity index (χ1n) is 7.50. The van der Waals surface area contributed by atoms with Crippen molar-refractivity contribution >= 4 is 23.4 Å². The molecule has 0 aromatic heterocycles. The predicted octanol–water partition coefficient (Wildman–Crippen LogP) is 4.69. The van der Waals surface area contributed by atoms with Crippen LogP contribution in [0, 0.1) is 6.92 Å². The zero-order valence-corrected chi connectivity index (χ0v) is 14.0. The van der Waals surface area contributed by atoms with E-state index in [2.05, 4.69) is 30.9 Å². The molecule has 2 rings (SSSR count). The van der Waals surface area contributed by atoms with Gasteiger partial charge in [0.15, 0.2) is 0 Å². The second-order valence-electron chi connectivity index (χ2n) is 5.08. The SMILES string of the molecule is CCN(CCOC(=O)Oc1cccc(Cl)c1)c1cccc(C)c1. The van der Waals surface area contributed by atoms with Crippen molar-refractivity contribution in [1.82, 2.24) is 0 Å². The molecule has 0 bridgehead atoms. The van der Waals surface area contributed by atoms with Gasteiger partial charge in [-0.05, 0) is 49.7 Å². The van der Waals surface area contributed by atoms with Crippen molar-refractivity contribution in [2.45, 2.75) is 13.8 Å². The smallest absolute Gasteiger partial charge is 0.432 e. The van der Waals surface area contributed by atoms with Crippen LogP contribution in [0.15, 0.2) is 48.5 Å². The van der Waals surface area contributed by atoms with Gasteiger partial charge in [-0.2, -0.15) is 0 Å². The van der Waals surface area contributed by atoms with E-state index in [0.717, 1.165) is 12.2 Å². The molecule has 0 aliphatic heterocycles. The van der Waals surface area contributed by atoms with Crippen molar-refractivity contribution in [3.63, 3.8) is 0 Å². The summed E-state index contributed by atoms with van der Waals surface area (Å²) in [5, 5.41) is 0.506. The molecule has 0 aliphatic carbocycles. The van der Waals surface area contributed by atoms with Crippen LogP contribution in [0.1, 0.15) is 12.5 Å². The van der Waals surface area contributed by atoms with Gasteiger partial charge in [0.1, 0.15) is 12.4 Å². The molecule has 0 fully saturated rings. The van der Waals surface area contributed by atoms with Crippen LogP contribution in [0.5, 0.6) is 5.75 Å². The summed E-state index contributed by atoms with van der Waals surface area (Å²) in [4.78, 5) is 13.8. The number of hydrogen-bond donors (Lipinski definition) is 0. The number of nitrogens with zero attached hydrogens (tertiary/aromatic N) is 1. The van der Waals surface area contributed by atoms with Crippen molar-refractivity contribution in [2.24, 2.45) is 0 Å². The Hall–Kier alpha value is -2.20. The van der Waals surface area contributed by atoms with Crippen LogP contribution in [0.3, 0.4) is 0 Å². The van der Waals surface area contributed by atoms with Gasteiger partial charge in [-0.1, -0.05) is 29.8 Å². The molecule has 5 heteroatoms. The highest BCUT2D eigenvalue weighted by Gasteiger charge is 2.09. The molecule has 0 radical (unpaired) electrons. The van der Waals surface area contributed by atoms with Gasteiger partial charge in [-0.15, -0.1) is 0 Å². The Labute approximate surface area is 141 Å². The zero-order chi connectivity index (χ0) is 16.7. The molecule has 4 nitrogen and oxygen atoms in total. The van der Waals surface area contributed by atoms with E-state index >= 15 is 0 Å². The summed E-state index contributed by atoms with van der Waals surface area (Å²) < 4.78 is 10.2.